The molecule has 1 atom stereocenters. The summed E-state index contributed by atoms with van der Waals surface area (Å²) in [5.41, 5.74) is 8.59. The van der Waals surface area contributed by atoms with Crippen molar-refractivity contribution in [3.63, 3.8) is 0 Å². The first-order valence-corrected chi connectivity index (χ1v) is 7.93. The molecule has 1 saturated heterocycles. The highest BCUT2D eigenvalue weighted by molar-refractivity contribution is 6.34. The average molecular weight is 315 g/mol. The molecular weight excluding hydrogens is 296 g/mol. The van der Waals surface area contributed by atoms with Gasteiger partial charge in [0.1, 0.15) is 0 Å². The number of piperidine rings is 1. The van der Waals surface area contributed by atoms with Crippen LogP contribution in [0.3, 0.4) is 0 Å². The van der Waals surface area contributed by atoms with Gasteiger partial charge in [-0.05, 0) is 36.1 Å². The minimum absolute atomic E-state index is 0.0297. The van der Waals surface area contributed by atoms with Crippen molar-refractivity contribution in [1.82, 2.24) is 4.90 Å². The Morgan fingerprint density at radius 3 is 2.64 bits per heavy atom. The van der Waals surface area contributed by atoms with Crippen molar-refractivity contribution in [3.8, 4) is 11.1 Å². The highest BCUT2D eigenvalue weighted by Gasteiger charge is 2.24. The highest BCUT2D eigenvalue weighted by atomic mass is 35.5. The fourth-order valence-electron chi connectivity index (χ4n) is 2.86. The van der Waals surface area contributed by atoms with Crippen LogP contribution in [0.25, 0.3) is 11.1 Å². The van der Waals surface area contributed by atoms with Crippen LogP contribution in [-0.2, 0) is 0 Å². The number of carbonyl (C=O) groups excluding carboxylic acids is 1. The summed E-state index contributed by atoms with van der Waals surface area (Å²) in [5.74, 6) is -0.0297. The molecule has 1 aliphatic rings. The minimum Gasteiger partial charge on any atom is -0.337 e. The summed E-state index contributed by atoms with van der Waals surface area (Å²) in [7, 11) is 0. The fraction of sp³-hybridized carbons (Fsp3) is 0.278. The second-order valence-electron chi connectivity index (χ2n) is 5.71. The third-order valence-electron chi connectivity index (χ3n) is 4.05. The predicted octanol–water partition coefficient (Wildman–Crippen LogP) is 3.57. The van der Waals surface area contributed by atoms with Gasteiger partial charge in [-0.25, -0.2) is 0 Å². The van der Waals surface area contributed by atoms with Gasteiger partial charge in [0, 0.05) is 19.1 Å². The number of carbonyl (C=O) groups is 1. The monoisotopic (exact) mass is 314 g/mol. The zero-order valence-corrected chi connectivity index (χ0v) is 13.1. The Hall–Kier alpha value is -1.84. The normalized spacial score (nSPS) is 18.3. The smallest absolute Gasteiger partial charge is 0.255 e. The largest absolute Gasteiger partial charge is 0.337 e. The Kier molecular flexibility index (Phi) is 4.46. The van der Waals surface area contributed by atoms with Gasteiger partial charge >= 0.3 is 0 Å². The van der Waals surface area contributed by atoms with Crippen LogP contribution in [0.4, 0.5) is 0 Å². The molecule has 2 N–H and O–H groups in total. The molecule has 1 amide bonds. The molecule has 1 fully saturated rings. The number of halogens is 1. The lowest BCUT2D eigenvalue weighted by molar-refractivity contribution is 0.0709. The van der Waals surface area contributed by atoms with Gasteiger partial charge in [-0.2, -0.15) is 0 Å². The third kappa shape index (κ3) is 3.16. The van der Waals surface area contributed by atoms with E-state index in [1.165, 1.54) is 0 Å². The van der Waals surface area contributed by atoms with Crippen molar-refractivity contribution in [2.45, 2.75) is 18.9 Å². The summed E-state index contributed by atoms with van der Waals surface area (Å²) in [6.45, 7) is 1.35. The van der Waals surface area contributed by atoms with Gasteiger partial charge in [0.05, 0.1) is 10.6 Å². The van der Waals surface area contributed by atoms with Crippen molar-refractivity contribution < 1.29 is 4.79 Å². The molecule has 1 aliphatic heterocycles. The zero-order chi connectivity index (χ0) is 15.5. The van der Waals surface area contributed by atoms with Gasteiger partial charge < -0.3 is 10.6 Å². The van der Waals surface area contributed by atoms with Crippen LogP contribution >= 0.6 is 11.6 Å². The van der Waals surface area contributed by atoms with E-state index < -0.39 is 0 Å². The van der Waals surface area contributed by atoms with Crippen LogP contribution in [0.15, 0.2) is 48.5 Å². The molecule has 2 aromatic carbocycles. The van der Waals surface area contributed by atoms with E-state index in [-0.39, 0.29) is 11.9 Å². The first-order chi connectivity index (χ1) is 10.6. The maximum absolute atomic E-state index is 12.7. The molecule has 1 heterocycles. The van der Waals surface area contributed by atoms with Crippen LogP contribution in [-0.4, -0.2) is 29.9 Å². The van der Waals surface area contributed by atoms with E-state index >= 15 is 0 Å². The second kappa shape index (κ2) is 6.51. The van der Waals surface area contributed by atoms with E-state index in [0.717, 1.165) is 30.5 Å². The fourth-order valence-corrected chi connectivity index (χ4v) is 3.06. The number of likely N-dealkylation sites (tertiary alicyclic amines) is 1. The van der Waals surface area contributed by atoms with Gasteiger partial charge in [0.2, 0.25) is 0 Å². The number of rotatable bonds is 2. The summed E-state index contributed by atoms with van der Waals surface area (Å²) in [5, 5.41) is 0.490. The lowest BCUT2D eigenvalue weighted by Crippen LogP contribution is -2.45. The summed E-state index contributed by atoms with van der Waals surface area (Å²) in [4.78, 5) is 14.5. The number of hydrogen-bond donors (Lipinski definition) is 1. The standard InChI is InChI=1S/C18H19ClN2O/c19-17-9-8-14(13-5-2-1-3-6-13)11-16(17)18(22)21-10-4-7-15(20)12-21/h1-3,5-6,8-9,11,15H,4,7,10,12,20H2. The number of amides is 1. The summed E-state index contributed by atoms with van der Waals surface area (Å²) in [6.07, 6.45) is 1.92. The van der Waals surface area contributed by atoms with E-state index in [2.05, 4.69) is 0 Å². The predicted molar refractivity (Wildman–Crippen MR) is 90.0 cm³/mol. The molecule has 0 aromatic heterocycles. The van der Waals surface area contributed by atoms with Crippen molar-refractivity contribution in [2.24, 2.45) is 5.73 Å². The number of benzene rings is 2. The topological polar surface area (TPSA) is 46.3 Å². The molecule has 0 bridgehead atoms. The van der Waals surface area contributed by atoms with E-state index in [9.17, 15) is 4.79 Å². The first-order valence-electron chi connectivity index (χ1n) is 7.55. The van der Waals surface area contributed by atoms with E-state index in [0.29, 0.717) is 17.1 Å². The van der Waals surface area contributed by atoms with Gasteiger partial charge in [-0.3, -0.25) is 4.79 Å². The Labute approximate surface area is 135 Å². The van der Waals surface area contributed by atoms with Crippen LogP contribution in [0, 0.1) is 0 Å². The van der Waals surface area contributed by atoms with Gasteiger partial charge in [0.15, 0.2) is 0 Å². The van der Waals surface area contributed by atoms with Crippen molar-refractivity contribution >= 4 is 17.5 Å². The molecule has 0 aliphatic carbocycles. The van der Waals surface area contributed by atoms with Crippen molar-refractivity contribution in [1.29, 1.82) is 0 Å². The number of nitrogens with two attached hydrogens (primary N) is 1. The van der Waals surface area contributed by atoms with Gasteiger partial charge in [-0.1, -0.05) is 48.0 Å². The summed E-state index contributed by atoms with van der Waals surface area (Å²) < 4.78 is 0. The lowest BCUT2D eigenvalue weighted by atomic mass is 10.0. The zero-order valence-electron chi connectivity index (χ0n) is 12.3. The van der Waals surface area contributed by atoms with Crippen LogP contribution in [0.1, 0.15) is 23.2 Å². The molecular formula is C18H19ClN2O. The first kappa shape index (κ1) is 15.1. The second-order valence-corrected chi connectivity index (χ2v) is 6.12. The van der Waals surface area contributed by atoms with Gasteiger partial charge in [0.25, 0.3) is 5.91 Å². The van der Waals surface area contributed by atoms with Crippen LogP contribution in [0.5, 0.6) is 0 Å². The highest BCUT2D eigenvalue weighted by Crippen LogP contribution is 2.26. The Balaban J connectivity index is 1.91. The van der Waals surface area contributed by atoms with Crippen LogP contribution in [0.2, 0.25) is 5.02 Å². The molecule has 114 valence electrons. The molecule has 0 radical (unpaired) electrons. The number of hydrogen-bond acceptors (Lipinski definition) is 2. The molecule has 2 aromatic rings. The Morgan fingerprint density at radius 2 is 1.91 bits per heavy atom. The maximum Gasteiger partial charge on any atom is 0.255 e. The minimum atomic E-state index is -0.0297. The van der Waals surface area contributed by atoms with E-state index in [4.69, 9.17) is 17.3 Å². The molecule has 22 heavy (non-hydrogen) atoms. The number of nitrogens with zero attached hydrogens (tertiary/aromatic N) is 1. The molecule has 3 nitrogen and oxygen atoms in total. The maximum atomic E-state index is 12.7. The van der Waals surface area contributed by atoms with E-state index in [1.807, 2.05) is 47.4 Å². The SMILES string of the molecule is NC1CCCN(C(=O)c2cc(-c3ccccc3)ccc2Cl)C1. The summed E-state index contributed by atoms with van der Waals surface area (Å²) >= 11 is 6.26. The van der Waals surface area contributed by atoms with Crippen molar-refractivity contribution in [2.75, 3.05) is 13.1 Å². The molecule has 1 unspecified atom stereocenters. The summed E-state index contributed by atoms with van der Waals surface area (Å²) in [6, 6.07) is 15.7. The van der Waals surface area contributed by atoms with Crippen molar-refractivity contribution in [3.05, 3.63) is 59.1 Å². The molecule has 0 saturated carbocycles. The van der Waals surface area contributed by atoms with Gasteiger partial charge in [-0.15, -0.1) is 0 Å². The molecule has 0 spiro atoms. The third-order valence-corrected chi connectivity index (χ3v) is 4.38. The van der Waals surface area contributed by atoms with E-state index in [1.54, 1.807) is 6.07 Å². The Bertz CT molecular complexity index is 672. The lowest BCUT2D eigenvalue weighted by Gasteiger charge is -2.31. The molecule has 4 heteroatoms. The van der Waals surface area contributed by atoms with Crippen LogP contribution < -0.4 is 5.73 Å². The average Bonchev–Trinajstić information content (AvgIpc) is 2.55. The molecule has 3 rings (SSSR count). The Morgan fingerprint density at radius 1 is 1.14 bits per heavy atom. The quantitative estimate of drug-likeness (QED) is 0.921.